The Balaban J connectivity index is 1.74. The van der Waals surface area contributed by atoms with Gasteiger partial charge in [0.1, 0.15) is 6.61 Å². The maximum absolute atomic E-state index is 11.4. The highest BCUT2D eigenvalue weighted by Gasteiger charge is 2.39. The molecule has 0 unspecified atom stereocenters. The van der Waals surface area contributed by atoms with Crippen LogP contribution in [-0.2, 0) is 20.9 Å². The first-order chi connectivity index (χ1) is 8.66. The van der Waals surface area contributed by atoms with Crippen LogP contribution in [0.15, 0.2) is 30.3 Å². The predicted molar refractivity (Wildman–Crippen MR) is 60.9 cm³/mol. The second-order valence-electron chi connectivity index (χ2n) is 3.90. The lowest BCUT2D eigenvalue weighted by Crippen LogP contribution is -2.59. The molecule has 1 aromatic rings. The number of alkyl carbamates (subject to hydrolysis) is 1. The SMILES string of the molecule is O=C(N[C@@H]1CO[C@@H]1C(=O)O)OCc1ccccc1. The molecule has 1 aliphatic heterocycles. The first-order valence-corrected chi connectivity index (χ1v) is 5.48. The average Bonchev–Trinajstić information content (AvgIpc) is 2.32. The number of carbonyl (C=O) groups is 2. The van der Waals surface area contributed by atoms with Crippen LogP contribution in [0, 0.1) is 0 Å². The standard InChI is InChI=1S/C12H13NO5/c14-11(15)10-9(7-17-10)13-12(16)18-6-8-4-2-1-3-5-8/h1-5,9-10H,6-7H2,(H,13,16)(H,14,15)/t9-,10+/m1/s1. The van der Waals surface area contributed by atoms with Gasteiger partial charge in [0.15, 0.2) is 6.10 Å². The zero-order chi connectivity index (χ0) is 13.0. The van der Waals surface area contributed by atoms with Crippen LogP contribution in [0.3, 0.4) is 0 Å². The third-order valence-corrected chi connectivity index (χ3v) is 2.58. The molecule has 0 saturated carbocycles. The van der Waals surface area contributed by atoms with Gasteiger partial charge in [0.25, 0.3) is 0 Å². The Bertz CT molecular complexity index is 433. The molecule has 2 rings (SSSR count). The van der Waals surface area contributed by atoms with Crippen LogP contribution >= 0.6 is 0 Å². The van der Waals surface area contributed by atoms with Crippen LogP contribution in [-0.4, -0.2) is 35.9 Å². The van der Waals surface area contributed by atoms with Crippen molar-refractivity contribution >= 4 is 12.1 Å². The molecule has 1 aliphatic rings. The highest BCUT2D eigenvalue weighted by Crippen LogP contribution is 2.13. The number of benzene rings is 1. The van der Waals surface area contributed by atoms with Crippen molar-refractivity contribution in [2.75, 3.05) is 6.61 Å². The minimum absolute atomic E-state index is 0.151. The maximum atomic E-state index is 11.4. The zero-order valence-corrected chi connectivity index (χ0v) is 9.54. The molecule has 0 aliphatic carbocycles. The molecule has 2 N–H and O–H groups in total. The van der Waals surface area contributed by atoms with Gasteiger partial charge in [-0.15, -0.1) is 0 Å². The van der Waals surface area contributed by atoms with Crippen LogP contribution in [0.25, 0.3) is 0 Å². The molecule has 1 amide bonds. The van der Waals surface area contributed by atoms with Crippen LogP contribution < -0.4 is 5.32 Å². The Morgan fingerprint density at radius 1 is 1.39 bits per heavy atom. The van der Waals surface area contributed by atoms with E-state index in [4.69, 9.17) is 14.6 Å². The van der Waals surface area contributed by atoms with Gasteiger partial charge in [-0.2, -0.15) is 0 Å². The number of ether oxygens (including phenoxy) is 2. The fourth-order valence-electron chi connectivity index (χ4n) is 1.57. The average molecular weight is 251 g/mol. The molecule has 0 spiro atoms. The van der Waals surface area contributed by atoms with Gasteiger partial charge in [0.05, 0.1) is 12.6 Å². The molecule has 1 aromatic carbocycles. The number of carboxylic acid groups (broad SMARTS) is 1. The van der Waals surface area contributed by atoms with E-state index >= 15 is 0 Å². The number of carboxylic acids is 1. The molecule has 96 valence electrons. The Kier molecular flexibility index (Phi) is 3.78. The van der Waals surface area contributed by atoms with Gasteiger partial charge < -0.3 is 19.9 Å². The van der Waals surface area contributed by atoms with E-state index in [1.165, 1.54) is 0 Å². The molecular weight excluding hydrogens is 238 g/mol. The van der Waals surface area contributed by atoms with E-state index in [-0.39, 0.29) is 13.2 Å². The van der Waals surface area contributed by atoms with Crippen molar-refractivity contribution in [2.24, 2.45) is 0 Å². The molecule has 0 radical (unpaired) electrons. The van der Waals surface area contributed by atoms with Crippen LogP contribution in [0.5, 0.6) is 0 Å². The number of carbonyl (C=O) groups excluding carboxylic acids is 1. The Hall–Kier alpha value is -2.08. The van der Waals surface area contributed by atoms with Crippen molar-refractivity contribution in [1.29, 1.82) is 0 Å². The van der Waals surface area contributed by atoms with E-state index in [9.17, 15) is 9.59 Å². The minimum Gasteiger partial charge on any atom is -0.479 e. The quantitative estimate of drug-likeness (QED) is 0.825. The molecule has 0 bridgehead atoms. The molecule has 6 heteroatoms. The second-order valence-corrected chi connectivity index (χ2v) is 3.90. The first-order valence-electron chi connectivity index (χ1n) is 5.48. The summed E-state index contributed by atoms with van der Waals surface area (Å²) in [6.07, 6.45) is -1.62. The Morgan fingerprint density at radius 2 is 2.11 bits per heavy atom. The summed E-state index contributed by atoms with van der Waals surface area (Å²) in [6, 6.07) is 8.70. The summed E-state index contributed by atoms with van der Waals surface area (Å²) in [5.41, 5.74) is 0.868. The minimum atomic E-state index is -1.09. The number of rotatable bonds is 4. The van der Waals surface area contributed by atoms with E-state index in [2.05, 4.69) is 5.32 Å². The summed E-state index contributed by atoms with van der Waals surface area (Å²) >= 11 is 0. The smallest absolute Gasteiger partial charge is 0.407 e. The third-order valence-electron chi connectivity index (χ3n) is 2.58. The highest BCUT2D eigenvalue weighted by atomic mass is 16.6. The highest BCUT2D eigenvalue weighted by molar-refractivity contribution is 5.76. The zero-order valence-electron chi connectivity index (χ0n) is 9.54. The molecule has 0 aromatic heterocycles. The summed E-state index contributed by atoms with van der Waals surface area (Å²) in [5.74, 6) is -1.09. The molecule has 6 nitrogen and oxygen atoms in total. The number of nitrogens with one attached hydrogen (secondary N) is 1. The van der Waals surface area contributed by atoms with Gasteiger partial charge in [-0.05, 0) is 5.56 Å². The lowest BCUT2D eigenvalue weighted by molar-refractivity contribution is -0.168. The monoisotopic (exact) mass is 251 g/mol. The van der Waals surface area contributed by atoms with Gasteiger partial charge in [-0.3, -0.25) is 0 Å². The van der Waals surface area contributed by atoms with Crippen molar-refractivity contribution in [3.63, 3.8) is 0 Å². The normalized spacial score (nSPS) is 21.8. The van der Waals surface area contributed by atoms with E-state index in [1.807, 2.05) is 30.3 Å². The van der Waals surface area contributed by atoms with Crippen LogP contribution in [0.2, 0.25) is 0 Å². The van der Waals surface area contributed by atoms with Gasteiger partial charge in [-0.25, -0.2) is 9.59 Å². The van der Waals surface area contributed by atoms with Gasteiger partial charge in [0.2, 0.25) is 0 Å². The molecule has 18 heavy (non-hydrogen) atoms. The number of hydrogen-bond acceptors (Lipinski definition) is 4. The molecular formula is C12H13NO5. The summed E-state index contributed by atoms with van der Waals surface area (Å²) < 4.78 is 9.76. The van der Waals surface area contributed by atoms with Crippen molar-refractivity contribution in [3.8, 4) is 0 Å². The number of aliphatic carboxylic acids is 1. The van der Waals surface area contributed by atoms with Crippen molar-refractivity contribution in [1.82, 2.24) is 5.32 Å². The third kappa shape index (κ3) is 2.98. The van der Waals surface area contributed by atoms with Gasteiger partial charge in [-0.1, -0.05) is 30.3 Å². The maximum Gasteiger partial charge on any atom is 0.407 e. The summed E-state index contributed by atoms with van der Waals surface area (Å²) in [5, 5.41) is 11.2. The topological polar surface area (TPSA) is 84.9 Å². The second kappa shape index (κ2) is 5.50. The van der Waals surface area contributed by atoms with E-state index in [0.717, 1.165) is 5.56 Å². The summed E-state index contributed by atoms with van der Waals surface area (Å²) in [7, 11) is 0. The predicted octanol–water partition coefficient (Wildman–Crippen LogP) is 0.765. The van der Waals surface area contributed by atoms with Crippen molar-refractivity contribution in [2.45, 2.75) is 18.8 Å². The fourth-order valence-corrected chi connectivity index (χ4v) is 1.57. The van der Waals surface area contributed by atoms with E-state index in [1.54, 1.807) is 0 Å². The van der Waals surface area contributed by atoms with Gasteiger partial charge in [0, 0.05) is 0 Å². The van der Waals surface area contributed by atoms with Crippen molar-refractivity contribution in [3.05, 3.63) is 35.9 Å². The molecule has 1 fully saturated rings. The van der Waals surface area contributed by atoms with Crippen LogP contribution in [0.4, 0.5) is 4.79 Å². The summed E-state index contributed by atoms with van der Waals surface area (Å²) in [6.45, 7) is 0.343. The fraction of sp³-hybridized carbons (Fsp3) is 0.333. The lowest BCUT2D eigenvalue weighted by Gasteiger charge is -2.33. The largest absolute Gasteiger partial charge is 0.479 e. The summed E-state index contributed by atoms with van der Waals surface area (Å²) in [4.78, 5) is 22.0. The number of hydrogen-bond donors (Lipinski definition) is 2. The number of amides is 1. The Morgan fingerprint density at radius 3 is 2.67 bits per heavy atom. The molecule has 2 atom stereocenters. The van der Waals surface area contributed by atoms with Gasteiger partial charge >= 0.3 is 12.1 Å². The van der Waals surface area contributed by atoms with E-state index < -0.39 is 24.2 Å². The lowest BCUT2D eigenvalue weighted by atomic mass is 10.1. The van der Waals surface area contributed by atoms with Crippen LogP contribution in [0.1, 0.15) is 5.56 Å². The Labute approximate surface area is 104 Å². The molecule has 1 heterocycles. The molecule has 1 saturated heterocycles. The first kappa shape index (κ1) is 12.4. The van der Waals surface area contributed by atoms with E-state index in [0.29, 0.717) is 0 Å². The van der Waals surface area contributed by atoms with Crippen molar-refractivity contribution < 1.29 is 24.2 Å².